The molecule has 0 unspecified atom stereocenters. The largest absolute Gasteiger partial charge is 0.322 e. The average molecular weight is 254 g/mol. The van der Waals surface area contributed by atoms with Gasteiger partial charge in [0.25, 0.3) is 5.91 Å². The Morgan fingerprint density at radius 1 is 1.29 bits per heavy atom. The second-order valence-corrected chi connectivity index (χ2v) is 5.44. The lowest BCUT2D eigenvalue weighted by Crippen LogP contribution is -2.13. The molecule has 0 aliphatic carbocycles. The van der Waals surface area contributed by atoms with E-state index in [1.54, 1.807) is 25.1 Å². The van der Waals surface area contributed by atoms with Crippen LogP contribution in [0.1, 0.15) is 6.92 Å². The van der Waals surface area contributed by atoms with Crippen molar-refractivity contribution in [3.05, 3.63) is 36.4 Å². The number of nitrogens with one attached hydrogen (secondary N) is 2. The van der Waals surface area contributed by atoms with Crippen LogP contribution in [0.3, 0.4) is 0 Å². The Hall–Kier alpha value is -1.82. The van der Waals surface area contributed by atoms with E-state index in [9.17, 15) is 13.2 Å². The van der Waals surface area contributed by atoms with Crippen LogP contribution in [0, 0.1) is 0 Å². The first-order valence-electron chi connectivity index (χ1n) is 4.82. The number of benzene rings is 1. The Labute approximate surface area is 101 Å². The molecule has 0 radical (unpaired) electrons. The number of hydrogen-bond acceptors (Lipinski definition) is 3. The molecule has 1 rings (SSSR count). The van der Waals surface area contributed by atoms with Gasteiger partial charge in [0, 0.05) is 11.3 Å². The smallest absolute Gasteiger partial charge is 0.250 e. The summed E-state index contributed by atoms with van der Waals surface area (Å²) in [7, 11) is -3.32. The quantitative estimate of drug-likeness (QED) is 0.801. The minimum absolute atomic E-state index is 0.304. The minimum Gasteiger partial charge on any atom is -0.322 e. The number of hydrogen-bond donors (Lipinski definition) is 2. The van der Waals surface area contributed by atoms with Crippen LogP contribution < -0.4 is 10.0 Å². The van der Waals surface area contributed by atoms with Crippen LogP contribution in [-0.4, -0.2) is 20.6 Å². The van der Waals surface area contributed by atoms with Gasteiger partial charge in [-0.15, -0.1) is 0 Å². The van der Waals surface area contributed by atoms with Crippen molar-refractivity contribution in [1.82, 2.24) is 0 Å². The van der Waals surface area contributed by atoms with Gasteiger partial charge in [0.2, 0.25) is 10.0 Å². The molecule has 1 aromatic rings. The standard InChI is InChI=1S/C11H14N2O3S/c1-8(2)11(14)12-9-5-4-6-10(7-9)13-17(3,15)16/h4-7,13H,1H2,2-3H3,(H,12,14). The second-order valence-electron chi connectivity index (χ2n) is 3.69. The van der Waals surface area contributed by atoms with Gasteiger partial charge in [0.05, 0.1) is 11.9 Å². The third kappa shape index (κ3) is 4.69. The normalized spacial score (nSPS) is 10.7. The molecule has 1 aromatic carbocycles. The summed E-state index contributed by atoms with van der Waals surface area (Å²) in [4.78, 5) is 11.4. The summed E-state index contributed by atoms with van der Waals surface area (Å²) in [5.41, 5.74) is 1.28. The zero-order valence-corrected chi connectivity index (χ0v) is 10.5. The van der Waals surface area contributed by atoms with Crippen molar-refractivity contribution in [2.45, 2.75) is 6.92 Å². The van der Waals surface area contributed by atoms with Crippen LogP contribution in [0.5, 0.6) is 0 Å². The van der Waals surface area contributed by atoms with Crippen molar-refractivity contribution in [2.75, 3.05) is 16.3 Å². The lowest BCUT2D eigenvalue weighted by atomic mass is 10.2. The number of rotatable bonds is 4. The van der Waals surface area contributed by atoms with Crippen LogP contribution >= 0.6 is 0 Å². The lowest BCUT2D eigenvalue weighted by molar-refractivity contribution is -0.112. The molecule has 0 atom stereocenters. The highest BCUT2D eigenvalue weighted by atomic mass is 32.2. The molecule has 0 aliphatic rings. The molecule has 0 saturated carbocycles. The van der Waals surface area contributed by atoms with Gasteiger partial charge < -0.3 is 5.32 Å². The molecule has 0 spiro atoms. The van der Waals surface area contributed by atoms with E-state index in [1.807, 2.05) is 0 Å². The summed E-state index contributed by atoms with van der Waals surface area (Å²) in [5, 5.41) is 2.59. The van der Waals surface area contributed by atoms with Crippen LogP contribution in [0.4, 0.5) is 11.4 Å². The van der Waals surface area contributed by atoms with Gasteiger partial charge in [-0.3, -0.25) is 9.52 Å². The van der Waals surface area contributed by atoms with E-state index in [-0.39, 0.29) is 5.91 Å². The maximum Gasteiger partial charge on any atom is 0.250 e. The highest BCUT2D eigenvalue weighted by Crippen LogP contribution is 2.16. The molecule has 17 heavy (non-hydrogen) atoms. The SMILES string of the molecule is C=C(C)C(=O)Nc1cccc(NS(C)(=O)=O)c1. The van der Waals surface area contributed by atoms with E-state index < -0.39 is 10.0 Å². The van der Waals surface area contributed by atoms with Crippen molar-refractivity contribution in [1.29, 1.82) is 0 Å². The maximum atomic E-state index is 11.4. The zero-order chi connectivity index (χ0) is 13.1. The van der Waals surface area contributed by atoms with E-state index in [2.05, 4.69) is 16.6 Å². The van der Waals surface area contributed by atoms with E-state index in [0.29, 0.717) is 16.9 Å². The zero-order valence-electron chi connectivity index (χ0n) is 9.65. The van der Waals surface area contributed by atoms with Gasteiger partial charge in [0.15, 0.2) is 0 Å². The molecule has 6 heteroatoms. The Balaban J connectivity index is 2.87. The predicted octanol–water partition coefficient (Wildman–Crippen LogP) is 1.57. The average Bonchev–Trinajstić information content (AvgIpc) is 2.15. The fraction of sp³-hybridized carbons (Fsp3) is 0.182. The fourth-order valence-corrected chi connectivity index (χ4v) is 1.67. The molecule has 0 aromatic heterocycles. The minimum atomic E-state index is -3.32. The monoisotopic (exact) mass is 254 g/mol. The number of carbonyl (C=O) groups excluding carboxylic acids is 1. The Morgan fingerprint density at radius 2 is 1.88 bits per heavy atom. The van der Waals surface area contributed by atoms with Gasteiger partial charge in [-0.1, -0.05) is 12.6 Å². The topological polar surface area (TPSA) is 75.3 Å². The Morgan fingerprint density at radius 3 is 2.41 bits per heavy atom. The Bertz CT molecular complexity index is 550. The first-order chi connectivity index (χ1) is 7.78. The molecule has 0 saturated heterocycles. The molecule has 92 valence electrons. The van der Waals surface area contributed by atoms with Gasteiger partial charge in [-0.25, -0.2) is 8.42 Å². The van der Waals surface area contributed by atoms with Crippen molar-refractivity contribution in [3.8, 4) is 0 Å². The molecule has 0 heterocycles. The van der Waals surface area contributed by atoms with E-state index in [4.69, 9.17) is 0 Å². The molecule has 0 aliphatic heterocycles. The fourth-order valence-electron chi connectivity index (χ4n) is 1.11. The van der Waals surface area contributed by atoms with Gasteiger partial charge >= 0.3 is 0 Å². The van der Waals surface area contributed by atoms with Crippen molar-refractivity contribution >= 4 is 27.3 Å². The predicted molar refractivity (Wildman–Crippen MR) is 68.4 cm³/mol. The number of amides is 1. The van der Waals surface area contributed by atoms with E-state index >= 15 is 0 Å². The summed E-state index contributed by atoms with van der Waals surface area (Å²) >= 11 is 0. The summed E-state index contributed by atoms with van der Waals surface area (Å²) in [5.74, 6) is -0.304. The third-order valence-corrected chi connectivity index (χ3v) is 2.42. The van der Waals surface area contributed by atoms with Crippen LogP contribution in [0.25, 0.3) is 0 Å². The van der Waals surface area contributed by atoms with Crippen LogP contribution in [0.2, 0.25) is 0 Å². The molecule has 0 bridgehead atoms. The first-order valence-corrected chi connectivity index (χ1v) is 6.72. The molecular formula is C11H14N2O3S. The molecule has 0 fully saturated rings. The molecular weight excluding hydrogens is 240 g/mol. The summed E-state index contributed by atoms with van der Waals surface area (Å²) < 4.78 is 24.4. The summed E-state index contributed by atoms with van der Waals surface area (Å²) in [6.45, 7) is 5.10. The maximum absolute atomic E-state index is 11.4. The van der Waals surface area contributed by atoms with E-state index in [1.165, 1.54) is 6.07 Å². The number of carbonyl (C=O) groups is 1. The highest BCUT2D eigenvalue weighted by Gasteiger charge is 2.05. The molecule has 2 N–H and O–H groups in total. The van der Waals surface area contributed by atoms with Crippen molar-refractivity contribution in [3.63, 3.8) is 0 Å². The van der Waals surface area contributed by atoms with Gasteiger partial charge in [-0.05, 0) is 25.1 Å². The van der Waals surface area contributed by atoms with E-state index in [0.717, 1.165) is 6.26 Å². The van der Waals surface area contributed by atoms with Crippen LogP contribution in [0.15, 0.2) is 36.4 Å². The second kappa shape index (κ2) is 5.01. The first kappa shape index (κ1) is 13.2. The van der Waals surface area contributed by atoms with Crippen molar-refractivity contribution in [2.24, 2.45) is 0 Å². The summed E-state index contributed by atoms with van der Waals surface area (Å²) in [6.07, 6.45) is 1.06. The van der Waals surface area contributed by atoms with Gasteiger partial charge in [0.1, 0.15) is 0 Å². The Kier molecular flexibility index (Phi) is 3.90. The molecule has 1 amide bonds. The van der Waals surface area contributed by atoms with Gasteiger partial charge in [-0.2, -0.15) is 0 Å². The number of sulfonamides is 1. The number of anilines is 2. The van der Waals surface area contributed by atoms with Crippen LogP contribution in [-0.2, 0) is 14.8 Å². The molecule has 5 nitrogen and oxygen atoms in total. The third-order valence-electron chi connectivity index (χ3n) is 1.81. The summed E-state index contributed by atoms with van der Waals surface area (Å²) in [6, 6.07) is 6.43. The lowest BCUT2D eigenvalue weighted by Gasteiger charge is -2.08. The highest BCUT2D eigenvalue weighted by molar-refractivity contribution is 7.92. The van der Waals surface area contributed by atoms with Crippen molar-refractivity contribution < 1.29 is 13.2 Å².